The average Bonchev–Trinajstić information content (AvgIpc) is 3.82. The van der Waals surface area contributed by atoms with Crippen LogP contribution in [0.1, 0.15) is 106 Å². The van der Waals surface area contributed by atoms with Gasteiger partial charge < -0.3 is 14.0 Å². The number of nitrogens with zero attached hydrogens (tertiary/aromatic N) is 3. The van der Waals surface area contributed by atoms with E-state index in [2.05, 4.69) is 213 Å². The predicted octanol–water partition coefficient (Wildman–Crippen LogP) is 16.1. The topological polar surface area (TPSA) is 13.1 Å². The minimum absolute atomic E-state index is 0.00439. The molecule has 14 rings (SSSR count). The van der Waals surface area contributed by atoms with Crippen molar-refractivity contribution in [3.05, 3.63) is 180 Å². The first-order chi connectivity index (χ1) is 34.3. The molecule has 4 heteroatoms. The Balaban J connectivity index is 1.18. The molecular formula is C66H58BN3. The maximum Gasteiger partial charge on any atom is 0.252 e. The van der Waals surface area contributed by atoms with E-state index in [1.807, 2.05) is 27.7 Å². The molecule has 0 unspecified atom stereocenters. The third kappa shape index (κ3) is 5.59. The predicted molar refractivity (Wildman–Crippen MR) is 302 cm³/mol. The van der Waals surface area contributed by atoms with Crippen LogP contribution in [0.15, 0.2) is 158 Å². The van der Waals surface area contributed by atoms with Gasteiger partial charge in [0.1, 0.15) is 0 Å². The highest BCUT2D eigenvalue weighted by Gasteiger charge is 2.44. The van der Waals surface area contributed by atoms with Gasteiger partial charge >= 0.3 is 0 Å². The second kappa shape index (κ2) is 14.2. The van der Waals surface area contributed by atoms with E-state index in [4.69, 9.17) is 0 Å². The molecule has 0 amide bonds. The lowest BCUT2D eigenvalue weighted by Gasteiger charge is -2.41. The zero-order valence-electron chi connectivity index (χ0n) is 43.9. The zero-order valence-corrected chi connectivity index (χ0v) is 41.9. The maximum atomic E-state index is 9.60. The average molecular weight is 906 g/mol. The number of benzene rings is 9. The lowest BCUT2D eigenvalue weighted by Crippen LogP contribution is -2.60. The first-order valence-corrected chi connectivity index (χ1v) is 25.2. The fourth-order valence-corrected chi connectivity index (χ4v) is 12.7. The summed E-state index contributed by atoms with van der Waals surface area (Å²) in [5.74, 6) is -1.65. The van der Waals surface area contributed by atoms with Crippen LogP contribution < -0.4 is 21.3 Å². The minimum Gasteiger partial charge on any atom is -0.311 e. The van der Waals surface area contributed by atoms with E-state index >= 15 is 0 Å². The number of anilines is 3. The van der Waals surface area contributed by atoms with E-state index in [9.17, 15) is 2.74 Å². The number of fused-ring (bicyclic) bond motifs is 10. The van der Waals surface area contributed by atoms with Gasteiger partial charge in [-0.3, -0.25) is 0 Å². The van der Waals surface area contributed by atoms with E-state index < -0.39 is 11.8 Å². The molecule has 0 fully saturated rings. The summed E-state index contributed by atoms with van der Waals surface area (Å²) in [6.45, 7) is 21.7. The molecule has 0 atom stereocenters. The second-order valence-electron chi connectivity index (χ2n) is 23.0. The Bertz CT molecular complexity index is 4200. The van der Waals surface area contributed by atoms with E-state index in [0.717, 1.165) is 50.2 Å². The number of aromatic nitrogens is 2. The summed E-state index contributed by atoms with van der Waals surface area (Å²) in [7, 11) is 0. The van der Waals surface area contributed by atoms with Gasteiger partial charge in [-0.25, -0.2) is 0 Å². The molecule has 3 nitrogen and oxygen atoms in total. The minimum atomic E-state index is -0.855. The van der Waals surface area contributed by atoms with Crippen LogP contribution in [0, 0.1) is 0 Å². The normalized spacial score (nSPS) is 14.5. The molecule has 2 aliphatic heterocycles. The molecule has 0 saturated heterocycles. The van der Waals surface area contributed by atoms with Crippen molar-refractivity contribution in [1.29, 1.82) is 0 Å². The molecule has 0 bridgehead atoms. The van der Waals surface area contributed by atoms with Crippen LogP contribution in [0.4, 0.5) is 17.1 Å². The van der Waals surface area contributed by atoms with Crippen LogP contribution in [0.5, 0.6) is 0 Å². The highest BCUT2D eigenvalue weighted by Crippen LogP contribution is 2.51. The Kier molecular flexibility index (Phi) is 8.00. The summed E-state index contributed by atoms with van der Waals surface area (Å²) in [5.41, 5.74) is 23.6. The highest BCUT2D eigenvalue weighted by molar-refractivity contribution is 7.00. The lowest BCUT2D eigenvalue weighted by atomic mass is 9.33. The van der Waals surface area contributed by atoms with Crippen LogP contribution in [0.25, 0.3) is 88.0 Å². The maximum absolute atomic E-state index is 9.60. The van der Waals surface area contributed by atoms with Gasteiger partial charge in [0.15, 0.2) is 0 Å². The molecule has 11 aromatic rings. The quantitative estimate of drug-likeness (QED) is 0.160. The van der Waals surface area contributed by atoms with Crippen LogP contribution >= 0.6 is 0 Å². The van der Waals surface area contributed by atoms with Crippen LogP contribution in [-0.4, -0.2) is 15.8 Å². The van der Waals surface area contributed by atoms with Gasteiger partial charge in [0.05, 0.1) is 22.2 Å². The van der Waals surface area contributed by atoms with E-state index in [0.29, 0.717) is 0 Å². The number of rotatable bonds is 4. The lowest BCUT2D eigenvalue weighted by molar-refractivity contribution is 0.590. The van der Waals surface area contributed by atoms with Gasteiger partial charge in [0.25, 0.3) is 6.71 Å². The smallest absolute Gasteiger partial charge is 0.252 e. The summed E-state index contributed by atoms with van der Waals surface area (Å²) in [6.07, 6.45) is 0. The SMILES string of the molecule is [2H]C(C)(C)c1ccc2c(c1)c1cc(C([2H])(C)C)cc3c1n2-c1cc(-n2c4cccc5c4c4c6c(cccc6ccc42)-c2ccccc2-5)cc2c1B3c1cc(C(C)(C)C)ccc1N2c1ccc(C(C)(C)C)cc1. The largest absolute Gasteiger partial charge is 0.311 e. The fraction of sp³-hybridized carbons (Fsp3) is 0.212. The van der Waals surface area contributed by atoms with Gasteiger partial charge in [-0.05, 0) is 155 Å². The van der Waals surface area contributed by atoms with Crippen LogP contribution in [0.3, 0.4) is 0 Å². The molecule has 4 heterocycles. The summed E-state index contributed by atoms with van der Waals surface area (Å²) in [5, 5.41) is 7.37. The molecule has 0 spiro atoms. The molecule has 340 valence electrons. The van der Waals surface area contributed by atoms with Crippen molar-refractivity contribution in [1.82, 2.24) is 9.13 Å². The van der Waals surface area contributed by atoms with Crippen LogP contribution in [-0.2, 0) is 10.8 Å². The van der Waals surface area contributed by atoms with Crippen molar-refractivity contribution < 1.29 is 2.74 Å². The molecular weight excluding hydrogens is 846 g/mol. The molecule has 0 N–H and O–H groups in total. The molecule has 1 aliphatic carbocycles. The molecule has 2 aromatic heterocycles. The molecule has 0 saturated carbocycles. The second-order valence-corrected chi connectivity index (χ2v) is 23.0. The third-order valence-corrected chi connectivity index (χ3v) is 16.2. The Morgan fingerprint density at radius 2 is 1.07 bits per heavy atom. The van der Waals surface area contributed by atoms with Crippen molar-refractivity contribution in [2.75, 3.05) is 4.90 Å². The number of hydrogen-bond donors (Lipinski definition) is 0. The summed E-state index contributed by atoms with van der Waals surface area (Å²) in [6, 6.07) is 60.1. The number of hydrogen-bond acceptors (Lipinski definition) is 1. The Labute approximate surface area is 414 Å². The summed E-state index contributed by atoms with van der Waals surface area (Å²) in [4.78, 5) is 2.55. The van der Waals surface area contributed by atoms with E-state index in [1.165, 1.54) is 93.6 Å². The van der Waals surface area contributed by atoms with Crippen LogP contribution in [0.2, 0.25) is 0 Å². The van der Waals surface area contributed by atoms with Crippen molar-refractivity contribution in [2.45, 2.75) is 91.9 Å². The first kappa shape index (κ1) is 39.5. The van der Waals surface area contributed by atoms with Gasteiger partial charge in [-0.1, -0.05) is 166 Å². The highest BCUT2D eigenvalue weighted by atomic mass is 15.2. The van der Waals surface area contributed by atoms with Gasteiger partial charge in [-0.2, -0.15) is 0 Å². The molecule has 9 aromatic carbocycles. The fourth-order valence-electron chi connectivity index (χ4n) is 12.7. The van der Waals surface area contributed by atoms with Crippen molar-refractivity contribution in [3.63, 3.8) is 0 Å². The van der Waals surface area contributed by atoms with Crippen molar-refractivity contribution >= 4 is 94.5 Å². The van der Waals surface area contributed by atoms with Gasteiger partial charge in [0, 0.05) is 52.6 Å². The first-order valence-electron chi connectivity index (χ1n) is 26.2. The van der Waals surface area contributed by atoms with E-state index in [-0.39, 0.29) is 17.5 Å². The standard InChI is InChI=1S/C66H58BN3/c1-37(2)40-22-28-54-50(31-40)51-32-41(38(3)4)33-53-64(51)70(54)59-36-45(69-56-20-14-19-49-47-17-12-11-16-46(47)48-18-13-15-39-21-29-57(69)62(60(39)48)61(49)56)35-58-63(59)67(53)52-34-43(66(8,9)10)25-30-55(52)68(58)44-26-23-42(24-27-44)65(5,6)7/h11-38H,1-10H3/i37D,38D. The summed E-state index contributed by atoms with van der Waals surface area (Å²) < 4.78 is 23.9. The molecule has 70 heavy (non-hydrogen) atoms. The Hall–Kier alpha value is -7.30. The van der Waals surface area contributed by atoms with Crippen molar-refractivity contribution in [2.24, 2.45) is 0 Å². The summed E-state index contributed by atoms with van der Waals surface area (Å²) >= 11 is 0. The van der Waals surface area contributed by atoms with Gasteiger partial charge in [0.2, 0.25) is 0 Å². The van der Waals surface area contributed by atoms with Gasteiger partial charge in [-0.15, -0.1) is 0 Å². The zero-order chi connectivity index (χ0) is 49.7. The van der Waals surface area contributed by atoms with Crippen molar-refractivity contribution in [3.8, 4) is 33.6 Å². The third-order valence-electron chi connectivity index (χ3n) is 16.2. The molecule has 0 radical (unpaired) electrons. The Morgan fingerprint density at radius 1 is 0.443 bits per heavy atom. The molecule has 3 aliphatic rings. The monoisotopic (exact) mass is 905 g/mol. The van der Waals surface area contributed by atoms with E-state index in [1.54, 1.807) is 0 Å². The Morgan fingerprint density at radius 3 is 1.79 bits per heavy atom.